The number of nitrogens with one attached hydrogen (secondary N) is 1. The molecule has 0 aliphatic carbocycles. The molecule has 2 nitrogen and oxygen atoms in total. The van der Waals surface area contributed by atoms with Crippen LogP contribution in [0.4, 0.5) is 0 Å². The Morgan fingerprint density at radius 1 is 1.25 bits per heavy atom. The third-order valence-corrected chi connectivity index (χ3v) is 3.06. The van der Waals surface area contributed by atoms with Crippen LogP contribution < -0.4 is 10.1 Å². The lowest BCUT2D eigenvalue weighted by Crippen LogP contribution is -2.30. The summed E-state index contributed by atoms with van der Waals surface area (Å²) in [6, 6.07) is 6.86. The maximum absolute atomic E-state index is 5.38. The number of ether oxygens (including phenoxy) is 1. The highest BCUT2D eigenvalue weighted by molar-refractivity contribution is 5.37. The van der Waals surface area contributed by atoms with Crippen LogP contribution in [-0.4, -0.2) is 13.2 Å². The monoisotopic (exact) mass is 221 g/mol. The molecule has 1 atom stereocenters. The second-order valence-corrected chi connectivity index (χ2v) is 4.73. The summed E-state index contributed by atoms with van der Waals surface area (Å²) < 4.78 is 5.38. The third kappa shape index (κ3) is 3.53. The standard InChI is InChI=1S/C14H23NO/c1-10(2)12(4)15-9-13-7-6-11(3)8-14(13)16-5/h6-8,10,12,15H,9H2,1-5H3. The van der Waals surface area contributed by atoms with Gasteiger partial charge in [0.1, 0.15) is 5.75 Å². The van der Waals surface area contributed by atoms with Gasteiger partial charge in [-0.2, -0.15) is 0 Å². The SMILES string of the molecule is COc1cc(C)ccc1CNC(C)C(C)C. The summed E-state index contributed by atoms with van der Waals surface area (Å²) >= 11 is 0. The van der Waals surface area contributed by atoms with E-state index in [1.54, 1.807) is 7.11 Å². The Hall–Kier alpha value is -1.02. The first-order valence-electron chi connectivity index (χ1n) is 5.91. The first kappa shape index (κ1) is 13.0. The van der Waals surface area contributed by atoms with Crippen LogP contribution in [0.1, 0.15) is 31.9 Å². The van der Waals surface area contributed by atoms with Crippen LogP contribution in [0.3, 0.4) is 0 Å². The molecule has 0 aromatic heterocycles. The fourth-order valence-corrected chi connectivity index (χ4v) is 1.50. The largest absolute Gasteiger partial charge is 0.496 e. The van der Waals surface area contributed by atoms with Crippen LogP contribution in [0.2, 0.25) is 0 Å². The molecule has 0 heterocycles. The van der Waals surface area contributed by atoms with Crippen molar-refractivity contribution < 1.29 is 4.74 Å². The Balaban J connectivity index is 2.66. The van der Waals surface area contributed by atoms with Crippen LogP contribution in [-0.2, 0) is 6.54 Å². The van der Waals surface area contributed by atoms with Crippen LogP contribution in [0.5, 0.6) is 5.75 Å². The number of benzene rings is 1. The molecule has 1 unspecified atom stereocenters. The molecular weight excluding hydrogens is 198 g/mol. The molecule has 0 saturated heterocycles. The van der Waals surface area contributed by atoms with Crippen molar-refractivity contribution in [1.29, 1.82) is 0 Å². The van der Waals surface area contributed by atoms with Gasteiger partial charge >= 0.3 is 0 Å². The van der Waals surface area contributed by atoms with Gasteiger partial charge in [-0.25, -0.2) is 0 Å². The molecule has 0 saturated carbocycles. The third-order valence-electron chi connectivity index (χ3n) is 3.06. The number of aryl methyl sites for hydroxylation is 1. The van der Waals surface area contributed by atoms with E-state index < -0.39 is 0 Å². The zero-order valence-corrected chi connectivity index (χ0v) is 11.0. The second-order valence-electron chi connectivity index (χ2n) is 4.73. The minimum atomic E-state index is 0.519. The lowest BCUT2D eigenvalue weighted by Gasteiger charge is -2.18. The van der Waals surface area contributed by atoms with E-state index in [2.05, 4.69) is 51.2 Å². The second kappa shape index (κ2) is 5.90. The Morgan fingerprint density at radius 3 is 2.50 bits per heavy atom. The fourth-order valence-electron chi connectivity index (χ4n) is 1.50. The average Bonchev–Trinajstić information content (AvgIpc) is 2.26. The molecule has 0 fully saturated rings. The summed E-state index contributed by atoms with van der Waals surface area (Å²) in [4.78, 5) is 0. The lowest BCUT2D eigenvalue weighted by atomic mass is 10.1. The van der Waals surface area contributed by atoms with Crippen molar-refractivity contribution in [3.63, 3.8) is 0 Å². The minimum absolute atomic E-state index is 0.519. The molecule has 0 aliphatic heterocycles. The summed E-state index contributed by atoms with van der Waals surface area (Å²) in [5.41, 5.74) is 2.46. The highest BCUT2D eigenvalue weighted by Crippen LogP contribution is 2.20. The predicted molar refractivity (Wildman–Crippen MR) is 68.9 cm³/mol. The smallest absolute Gasteiger partial charge is 0.123 e. The van der Waals surface area contributed by atoms with Gasteiger partial charge in [-0.15, -0.1) is 0 Å². The number of methoxy groups -OCH3 is 1. The normalized spacial score (nSPS) is 12.9. The van der Waals surface area contributed by atoms with Crippen molar-refractivity contribution in [2.24, 2.45) is 5.92 Å². The van der Waals surface area contributed by atoms with E-state index in [0.29, 0.717) is 12.0 Å². The Kier molecular flexibility index (Phi) is 4.81. The van der Waals surface area contributed by atoms with Crippen molar-refractivity contribution in [1.82, 2.24) is 5.32 Å². The van der Waals surface area contributed by atoms with Gasteiger partial charge in [0.05, 0.1) is 7.11 Å². The van der Waals surface area contributed by atoms with Gasteiger partial charge in [0, 0.05) is 18.2 Å². The fraction of sp³-hybridized carbons (Fsp3) is 0.571. The van der Waals surface area contributed by atoms with Gasteiger partial charge in [-0.3, -0.25) is 0 Å². The molecule has 0 radical (unpaired) electrons. The number of hydrogen-bond acceptors (Lipinski definition) is 2. The van der Waals surface area contributed by atoms with E-state index in [4.69, 9.17) is 4.74 Å². The summed E-state index contributed by atoms with van der Waals surface area (Å²) in [6.45, 7) is 9.61. The van der Waals surface area contributed by atoms with Gasteiger partial charge in [0.2, 0.25) is 0 Å². The van der Waals surface area contributed by atoms with Crippen molar-refractivity contribution in [2.75, 3.05) is 7.11 Å². The van der Waals surface area contributed by atoms with E-state index in [9.17, 15) is 0 Å². The molecule has 1 aromatic carbocycles. The highest BCUT2D eigenvalue weighted by Gasteiger charge is 2.08. The van der Waals surface area contributed by atoms with E-state index in [-0.39, 0.29) is 0 Å². The van der Waals surface area contributed by atoms with Gasteiger partial charge in [-0.05, 0) is 31.4 Å². The molecule has 16 heavy (non-hydrogen) atoms. The van der Waals surface area contributed by atoms with Crippen LogP contribution in [0.15, 0.2) is 18.2 Å². The minimum Gasteiger partial charge on any atom is -0.496 e. The predicted octanol–water partition coefficient (Wildman–Crippen LogP) is 3.14. The van der Waals surface area contributed by atoms with Crippen LogP contribution >= 0.6 is 0 Å². The van der Waals surface area contributed by atoms with E-state index in [1.807, 2.05) is 0 Å². The van der Waals surface area contributed by atoms with E-state index >= 15 is 0 Å². The van der Waals surface area contributed by atoms with Crippen molar-refractivity contribution in [3.05, 3.63) is 29.3 Å². The molecular formula is C14H23NO. The molecule has 1 N–H and O–H groups in total. The average molecular weight is 221 g/mol. The molecule has 0 aliphatic rings. The maximum atomic E-state index is 5.38. The Labute approximate surface area is 99.0 Å². The Morgan fingerprint density at radius 2 is 1.94 bits per heavy atom. The van der Waals surface area contributed by atoms with E-state index in [1.165, 1.54) is 11.1 Å². The van der Waals surface area contributed by atoms with Crippen LogP contribution in [0, 0.1) is 12.8 Å². The van der Waals surface area contributed by atoms with Gasteiger partial charge in [0.15, 0.2) is 0 Å². The Bertz CT molecular complexity index is 334. The van der Waals surface area contributed by atoms with Crippen molar-refractivity contribution >= 4 is 0 Å². The van der Waals surface area contributed by atoms with Gasteiger partial charge < -0.3 is 10.1 Å². The number of hydrogen-bond donors (Lipinski definition) is 1. The topological polar surface area (TPSA) is 21.3 Å². The van der Waals surface area contributed by atoms with Gasteiger partial charge in [0.25, 0.3) is 0 Å². The van der Waals surface area contributed by atoms with E-state index in [0.717, 1.165) is 12.3 Å². The zero-order chi connectivity index (χ0) is 12.1. The molecule has 0 bridgehead atoms. The molecule has 0 spiro atoms. The lowest BCUT2D eigenvalue weighted by molar-refractivity contribution is 0.395. The summed E-state index contributed by atoms with van der Waals surface area (Å²) in [7, 11) is 1.73. The van der Waals surface area contributed by atoms with Gasteiger partial charge in [-0.1, -0.05) is 26.0 Å². The summed E-state index contributed by atoms with van der Waals surface area (Å²) in [5.74, 6) is 1.62. The first-order chi connectivity index (χ1) is 7.54. The highest BCUT2D eigenvalue weighted by atomic mass is 16.5. The quantitative estimate of drug-likeness (QED) is 0.824. The molecule has 1 rings (SSSR count). The van der Waals surface area contributed by atoms with Crippen molar-refractivity contribution in [2.45, 2.75) is 40.3 Å². The molecule has 1 aromatic rings. The summed E-state index contributed by atoms with van der Waals surface area (Å²) in [6.07, 6.45) is 0. The molecule has 90 valence electrons. The zero-order valence-electron chi connectivity index (χ0n) is 11.0. The molecule has 2 heteroatoms. The summed E-state index contributed by atoms with van der Waals surface area (Å²) in [5, 5.41) is 3.51. The van der Waals surface area contributed by atoms with Crippen LogP contribution in [0.25, 0.3) is 0 Å². The number of rotatable bonds is 5. The van der Waals surface area contributed by atoms with Crippen molar-refractivity contribution in [3.8, 4) is 5.75 Å². The molecule has 0 amide bonds. The first-order valence-corrected chi connectivity index (χ1v) is 5.91. The maximum Gasteiger partial charge on any atom is 0.123 e.